The highest BCUT2D eigenvalue weighted by molar-refractivity contribution is 7.07. The third kappa shape index (κ3) is 3.96. The van der Waals surface area contributed by atoms with Gasteiger partial charge in [-0.1, -0.05) is 0 Å². The molecule has 0 aliphatic heterocycles. The van der Waals surface area contributed by atoms with Gasteiger partial charge in [-0.25, -0.2) is 0 Å². The number of nitrogens with two attached hydrogens (primary N) is 2. The van der Waals surface area contributed by atoms with Crippen molar-refractivity contribution in [3.05, 3.63) is 51.7 Å². The lowest BCUT2D eigenvalue weighted by Crippen LogP contribution is -2.29. The summed E-state index contributed by atoms with van der Waals surface area (Å²) in [5.41, 5.74) is 9.44. The smallest absolute Gasteiger partial charge is 0.398 e. The first-order valence-electron chi connectivity index (χ1n) is 6.35. The van der Waals surface area contributed by atoms with Crippen molar-refractivity contribution in [1.82, 2.24) is 5.43 Å². The van der Waals surface area contributed by atoms with Crippen LogP contribution in [-0.4, -0.2) is 0 Å². The molecule has 0 saturated carbocycles. The molecule has 21 heavy (non-hydrogen) atoms. The van der Waals surface area contributed by atoms with Crippen molar-refractivity contribution in [3.63, 3.8) is 0 Å². The first-order valence-corrected chi connectivity index (χ1v) is 7.30. The van der Waals surface area contributed by atoms with E-state index in [1.54, 1.807) is 11.3 Å². The summed E-state index contributed by atoms with van der Waals surface area (Å²) in [5.74, 6) is 5.49. The van der Waals surface area contributed by atoms with Crippen LogP contribution in [0.25, 0.3) is 0 Å². The van der Waals surface area contributed by atoms with Crippen LogP contribution in [0, 0.1) is 0 Å². The SMILES string of the molecule is NNC(CCc1ccsc1)c1cc(C(F)(F)F)ccc1N. The number of hydrogen-bond donors (Lipinski definition) is 3. The Kier molecular flexibility index (Phi) is 4.87. The van der Waals surface area contributed by atoms with Gasteiger partial charge in [0.15, 0.2) is 0 Å². The predicted octanol–water partition coefficient (Wildman–Crippen LogP) is 3.49. The second-order valence-electron chi connectivity index (χ2n) is 4.73. The molecule has 1 aromatic heterocycles. The number of alkyl halides is 3. The first-order chi connectivity index (χ1) is 9.91. The van der Waals surface area contributed by atoms with Gasteiger partial charge in [0.25, 0.3) is 0 Å². The Bertz CT molecular complexity index is 582. The Morgan fingerprint density at radius 1 is 1.24 bits per heavy atom. The maximum atomic E-state index is 12.8. The highest BCUT2D eigenvalue weighted by Crippen LogP contribution is 2.34. The van der Waals surface area contributed by atoms with Gasteiger partial charge in [0, 0.05) is 11.7 Å². The van der Waals surface area contributed by atoms with E-state index in [1.165, 1.54) is 6.07 Å². The standard InChI is InChI=1S/C14H16F3N3S/c15-14(16,17)10-2-3-12(18)11(7-10)13(20-19)4-1-9-5-6-21-8-9/h2-3,5-8,13,20H,1,4,18-19H2. The van der Waals surface area contributed by atoms with Gasteiger partial charge < -0.3 is 5.73 Å². The normalized spacial score (nSPS) is 13.3. The van der Waals surface area contributed by atoms with Crippen LogP contribution in [0.15, 0.2) is 35.0 Å². The summed E-state index contributed by atoms with van der Waals surface area (Å²) in [4.78, 5) is 0. The molecule has 0 bridgehead atoms. The van der Waals surface area contributed by atoms with E-state index in [0.29, 0.717) is 24.1 Å². The summed E-state index contributed by atoms with van der Waals surface area (Å²) in [7, 11) is 0. The van der Waals surface area contributed by atoms with Gasteiger partial charge >= 0.3 is 6.18 Å². The maximum Gasteiger partial charge on any atom is 0.416 e. The summed E-state index contributed by atoms with van der Waals surface area (Å²) < 4.78 is 38.4. The average Bonchev–Trinajstić information content (AvgIpc) is 2.93. The van der Waals surface area contributed by atoms with E-state index in [2.05, 4.69) is 5.43 Å². The fourth-order valence-corrected chi connectivity index (χ4v) is 2.83. The van der Waals surface area contributed by atoms with Crippen LogP contribution in [0.3, 0.4) is 0 Å². The van der Waals surface area contributed by atoms with Crippen molar-refractivity contribution in [3.8, 4) is 0 Å². The Morgan fingerprint density at radius 2 is 2.00 bits per heavy atom. The number of nitrogen functional groups attached to an aromatic ring is 1. The zero-order valence-electron chi connectivity index (χ0n) is 11.2. The summed E-state index contributed by atoms with van der Waals surface area (Å²) in [6.07, 6.45) is -3.11. The molecule has 2 aromatic rings. The van der Waals surface area contributed by atoms with E-state index in [1.807, 2.05) is 16.8 Å². The molecule has 1 heterocycles. The number of hydrazine groups is 1. The van der Waals surface area contributed by atoms with E-state index in [4.69, 9.17) is 11.6 Å². The predicted molar refractivity (Wildman–Crippen MR) is 78.6 cm³/mol. The largest absolute Gasteiger partial charge is 0.416 e. The van der Waals surface area contributed by atoms with Gasteiger partial charge in [0.05, 0.1) is 5.56 Å². The minimum absolute atomic E-state index is 0.302. The minimum atomic E-state index is -4.39. The topological polar surface area (TPSA) is 64.1 Å². The van der Waals surface area contributed by atoms with Gasteiger partial charge in [-0.3, -0.25) is 11.3 Å². The molecule has 114 valence electrons. The molecule has 2 rings (SSSR count). The van der Waals surface area contributed by atoms with Gasteiger partial charge in [0.2, 0.25) is 0 Å². The molecule has 1 atom stereocenters. The summed E-state index contributed by atoms with van der Waals surface area (Å²) >= 11 is 1.58. The Labute approximate surface area is 124 Å². The van der Waals surface area contributed by atoms with Crippen molar-refractivity contribution in [2.24, 2.45) is 5.84 Å². The number of halogens is 3. The monoisotopic (exact) mass is 315 g/mol. The molecule has 0 fully saturated rings. The van der Waals surface area contributed by atoms with Gasteiger partial charge in [-0.15, -0.1) is 0 Å². The lowest BCUT2D eigenvalue weighted by atomic mass is 9.97. The minimum Gasteiger partial charge on any atom is -0.398 e. The van der Waals surface area contributed by atoms with Crippen LogP contribution in [0.1, 0.15) is 29.2 Å². The third-order valence-electron chi connectivity index (χ3n) is 3.29. The molecule has 5 N–H and O–H groups in total. The van der Waals surface area contributed by atoms with E-state index in [0.717, 1.165) is 17.7 Å². The fourth-order valence-electron chi connectivity index (χ4n) is 2.13. The highest BCUT2D eigenvalue weighted by atomic mass is 32.1. The number of anilines is 1. The van der Waals surface area contributed by atoms with E-state index in [9.17, 15) is 13.2 Å². The summed E-state index contributed by atoms with van der Waals surface area (Å²) in [6, 6.07) is 4.87. The molecular formula is C14H16F3N3S. The van der Waals surface area contributed by atoms with Crippen molar-refractivity contribution in [1.29, 1.82) is 0 Å². The van der Waals surface area contributed by atoms with Crippen LogP contribution in [-0.2, 0) is 12.6 Å². The quantitative estimate of drug-likeness (QED) is 0.449. The molecule has 0 aliphatic rings. The fraction of sp³-hybridized carbons (Fsp3) is 0.286. The highest BCUT2D eigenvalue weighted by Gasteiger charge is 2.31. The molecule has 7 heteroatoms. The van der Waals surface area contributed by atoms with Crippen LogP contribution in [0.4, 0.5) is 18.9 Å². The maximum absolute atomic E-state index is 12.8. The molecule has 1 aromatic carbocycles. The Morgan fingerprint density at radius 3 is 2.57 bits per heavy atom. The van der Waals surface area contributed by atoms with E-state index < -0.39 is 17.8 Å². The third-order valence-corrected chi connectivity index (χ3v) is 4.02. The second kappa shape index (κ2) is 6.46. The first kappa shape index (κ1) is 15.8. The number of thiophene rings is 1. The number of aryl methyl sites for hydroxylation is 1. The second-order valence-corrected chi connectivity index (χ2v) is 5.51. The molecule has 0 aliphatic carbocycles. The number of benzene rings is 1. The molecule has 3 nitrogen and oxygen atoms in total. The molecule has 0 spiro atoms. The van der Waals surface area contributed by atoms with Crippen LogP contribution >= 0.6 is 11.3 Å². The molecule has 0 amide bonds. The van der Waals surface area contributed by atoms with E-state index >= 15 is 0 Å². The number of rotatable bonds is 5. The molecular weight excluding hydrogens is 299 g/mol. The van der Waals surface area contributed by atoms with Gasteiger partial charge in [0.1, 0.15) is 0 Å². The zero-order valence-corrected chi connectivity index (χ0v) is 12.0. The zero-order chi connectivity index (χ0) is 15.5. The number of hydrogen-bond acceptors (Lipinski definition) is 4. The lowest BCUT2D eigenvalue weighted by molar-refractivity contribution is -0.137. The Balaban J connectivity index is 2.20. The van der Waals surface area contributed by atoms with Gasteiger partial charge in [-0.05, 0) is 59.0 Å². The molecule has 1 unspecified atom stereocenters. The average molecular weight is 315 g/mol. The molecule has 0 radical (unpaired) electrons. The van der Waals surface area contributed by atoms with Crippen LogP contribution in [0.2, 0.25) is 0 Å². The van der Waals surface area contributed by atoms with Crippen molar-refractivity contribution in [2.75, 3.05) is 5.73 Å². The summed E-state index contributed by atoms with van der Waals surface area (Å²) in [5, 5.41) is 3.96. The van der Waals surface area contributed by atoms with E-state index in [-0.39, 0.29) is 0 Å². The van der Waals surface area contributed by atoms with Crippen molar-refractivity contribution >= 4 is 17.0 Å². The summed E-state index contributed by atoms with van der Waals surface area (Å²) in [6.45, 7) is 0. The molecule has 0 saturated heterocycles. The van der Waals surface area contributed by atoms with Crippen molar-refractivity contribution in [2.45, 2.75) is 25.1 Å². The van der Waals surface area contributed by atoms with Gasteiger partial charge in [-0.2, -0.15) is 24.5 Å². The lowest BCUT2D eigenvalue weighted by Gasteiger charge is -2.19. The van der Waals surface area contributed by atoms with Crippen LogP contribution < -0.4 is 17.0 Å². The van der Waals surface area contributed by atoms with Crippen molar-refractivity contribution < 1.29 is 13.2 Å². The Hall–Kier alpha value is -1.57. The number of nitrogens with one attached hydrogen (secondary N) is 1. The van der Waals surface area contributed by atoms with Crippen LogP contribution in [0.5, 0.6) is 0 Å².